The van der Waals surface area contributed by atoms with Crippen molar-refractivity contribution >= 4 is 28.6 Å². The fraction of sp³-hybridized carbons (Fsp3) is 0.100. The molecule has 78 valence electrons. The van der Waals surface area contributed by atoms with Crippen LogP contribution in [0.1, 0.15) is 5.69 Å². The Morgan fingerprint density at radius 1 is 1.40 bits per heavy atom. The van der Waals surface area contributed by atoms with Crippen LogP contribution in [0.25, 0.3) is 11.3 Å². The maximum absolute atomic E-state index is 13.0. The van der Waals surface area contributed by atoms with E-state index in [2.05, 4.69) is 33.7 Å². The highest BCUT2D eigenvalue weighted by Crippen LogP contribution is 2.25. The van der Waals surface area contributed by atoms with Crippen molar-refractivity contribution in [2.75, 3.05) is 0 Å². The number of rotatable bonds is 2. The standard InChI is InChI=1S/C10H7BrFNOS/c11-8-3-6(1-2-9(8)12)10-4-7(5-15)13-14-10/h1-4,15H,5H2. The van der Waals surface area contributed by atoms with Crippen molar-refractivity contribution in [1.82, 2.24) is 5.16 Å². The Hall–Kier alpha value is -0.810. The van der Waals surface area contributed by atoms with Gasteiger partial charge in [0.1, 0.15) is 5.82 Å². The predicted molar refractivity (Wildman–Crippen MR) is 62.3 cm³/mol. The van der Waals surface area contributed by atoms with Gasteiger partial charge in [-0.2, -0.15) is 12.6 Å². The second-order valence-corrected chi connectivity index (χ2v) is 4.14. The molecule has 2 nitrogen and oxygen atoms in total. The van der Waals surface area contributed by atoms with Gasteiger partial charge in [0.05, 0.1) is 10.2 Å². The molecule has 0 saturated carbocycles. The second kappa shape index (κ2) is 4.37. The van der Waals surface area contributed by atoms with E-state index >= 15 is 0 Å². The van der Waals surface area contributed by atoms with Crippen LogP contribution in [-0.4, -0.2) is 5.16 Å². The Morgan fingerprint density at radius 3 is 2.80 bits per heavy atom. The summed E-state index contributed by atoms with van der Waals surface area (Å²) in [4.78, 5) is 0. The SMILES string of the molecule is Fc1ccc(-c2cc(CS)no2)cc1Br. The fourth-order valence-corrected chi connectivity index (χ4v) is 1.70. The van der Waals surface area contributed by atoms with Crippen molar-refractivity contribution in [3.8, 4) is 11.3 Å². The summed E-state index contributed by atoms with van der Waals surface area (Å²) in [5.74, 6) is 0.832. The molecule has 15 heavy (non-hydrogen) atoms. The number of aromatic nitrogens is 1. The van der Waals surface area contributed by atoms with E-state index in [0.717, 1.165) is 11.3 Å². The van der Waals surface area contributed by atoms with Crippen LogP contribution in [0, 0.1) is 5.82 Å². The minimum Gasteiger partial charge on any atom is -0.356 e. The highest BCUT2D eigenvalue weighted by atomic mass is 79.9. The molecule has 0 radical (unpaired) electrons. The molecule has 0 unspecified atom stereocenters. The Labute approximate surface area is 100 Å². The molecular formula is C10H7BrFNOS. The molecule has 0 spiro atoms. The van der Waals surface area contributed by atoms with Gasteiger partial charge >= 0.3 is 0 Å². The van der Waals surface area contributed by atoms with Crippen LogP contribution in [0.4, 0.5) is 4.39 Å². The number of nitrogens with zero attached hydrogens (tertiary/aromatic N) is 1. The first kappa shape index (κ1) is 10.7. The zero-order chi connectivity index (χ0) is 10.8. The fourth-order valence-electron chi connectivity index (χ4n) is 1.17. The van der Waals surface area contributed by atoms with Crippen molar-refractivity contribution < 1.29 is 8.91 Å². The monoisotopic (exact) mass is 287 g/mol. The van der Waals surface area contributed by atoms with Gasteiger partial charge in [0, 0.05) is 17.4 Å². The van der Waals surface area contributed by atoms with Gasteiger partial charge in [0.25, 0.3) is 0 Å². The first-order valence-electron chi connectivity index (χ1n) is 4.22. The zero-order valence-corrected chi connectivity index (χ0v) is 10.1. The van der Waals surface area contributed by atoms with Gasteiger partial charge in [0.2, 0.25) is 0 Å². The van der Waals surface area contributed by atoms with E-state index in [1.807, 2.05) is 0 Å². The normalized spacial score (nSPS) is 10.6. The van der Waals surface area contributed by atoms with Crippen molar-refractivity contribution in [3.05, 3.63) is 40.2 Å². The van der Waals surface area contributed by atoms with E-state index in [9.17, 15) is 4.39 Å². The average Bonchev–Trinajstić information content (AvgIpc) is 2.70. The van der Waals surface area contributed by atoms with Crippen LogP contribution in [0.3, 0.4) is 0 Å². The molecule has 0 aliphatic carbocycles. The lowest BCUT2D eigenvalue weighted by Gasteiger charge is -1.97. The third-order valence-corrected chi connectivity index (χ3v) is 2.86. The van der Waals surface area contributed by atoms with Crippen LogP contribution in [0.2, 0.25) is 0 Å². The molecule has 0 saturated heterocycles. The molecule has 2 aromatic rings. The van der Waals surface area contributed by atoms with Gasteiger partial charge in [-0.25, -0.2) is 4.39 Å². The average molecular weight is 288 g/mol. The minimum atomic E-state index is -0.298. The Bertz CT molecular complexity index is 486. The molecule has 0 aliphatic heterocycles. The van der Waals surface area contributed by atoms with Crippen LogP contribution in [0.5, 0.6) is 0 Å². The Morgan fingerprint density at radius 2 is 2.20 bits per heavy atom. The summed E-state index contributed by atoms with van der Waals surface area (Å²) >= 11 is 7.20. The first-order chi connectivity index (χ1) is 7.20. The number of hydrogen-bond acceptors (Lipinski definition) is 3. The third kappa shape index (κ3) is 2.23. The number of thiol groups is 1. The maximum Gasteiger partial charge on any atom is 0.167 e. The molecule has 0 amide bonds. The highest BCUT2D eigenvalue weighted by molar-refractivity contribution is 9.10. The van der Waals surface area contributed by atoms with Crippen molar-refractivity contribution in [1.29, 1.82) is 0 Å². The van der Waals surface area contributed by atoms with E-state index in [0.29, 0.717) is 16.0 Å². The molecule has 1 heterocycles. The molecule has 0 N–H and O–H groups in total. The van der Waals surface area contributed by atoms with Gasteiger partial charge in [-0.1, -0.05) is 5.16 Å². The molecular weight excluding hydrogens is 281 g/mol. The van der Waals surface area contributed by atoms with Gasteiger partial charge in [0.15, 0.2) is 5.76 Å². The van der Waals surface area contributed by atoms with E-state index in [-0.39, 0.29) is 5.82 Å². The smallest absolute Gasteiger partial charge is 0.167 e. The van der Waals surface area contributed by atoms with Crippen molar-refractivity contribution in [2.24, 2.45) is 0 Å². The van der Waals surface area contributed by atoms with Crippen LogP contribution < -0.4 is 0 Å². The first-order valence-corrected chi connectivity index (χ1v) is 5.65. The summed E-state index contributed by atoms with van der Waals surface area (Å²) in [6, 6.07) is 6.45. The zero-order valence-electron chi connectivity index (χ0n) is 7.58. The summed E-state index contributed by atoms with van der Waals surface area (Å²) in [6.07, 6.45) is 0. The van der Waals surface area contributed by atoms with Crippen LogP contribution in [-0.2, 0) is 5.75 Å². The van der Waals surface area contributed by atoms with Crippen LogP contribution >= 0.6 is 28.6 Å². The lowest BCUT2D eigenvalue weighted by molar-refractivity contribution is 0.426. The predicted octanol–water partition coefficient (Wildman–Crippen LogP) is 3.67. The summed E-state index contributed by atoms with van der Waals surface area (Å²) in [6.45, 7) is 0. The van der Waals surface area contributed by atoms with Gasteiger partial charge in [-0.3, -0.25) is 0 Å². The van der Waals surface area contributed by atoms with Gasteiger partial charge in [-0.05, 0) is 34.1 Å². The molecule has 0 bridgehead atoms. The van der Waals surface area contributed by atoms with E-state index in [1.165, 1.54) is 6.07 Å². The lowest BCUT2D eigenvalue weighted by atomic mass is 10.1. The quantitative estimate of drug-likeness (QED) is 0.853. The Kier molecular flexibility index (Phi) is 3.11. The van der Waals surface area contributed by atoms with E-state index < -0.39 is 0 Å². The summed E-state index contributed by atoms with van der Waals surface area (Å²) < 4.78 is 18.5. The highest BCUT2D eigenvalue weighted by Gasteiger charge is 2.07. The maximum atomic E-state index is 13.0. The van der Waals surface area contributed by atoms with Crippen LogP contribution in [0.15, 0.2) is 33.3 Å². The van der Waals surface area contributed by atoms with Crippen molar-refractivity contribution in [2.45, 2.75) is 5.75 Å². The molecule has 1 aromatic heterocycles. The number of hydrogen-bond donors (Lipinski definition) is 1. The molecule has 2 rings (SSSR count). The summed E-state index contributed by atoms with van der Waals surface area (Å²) in [5, 5.41) is 3.80. The number of halogens is 2. The Balaban J connectivity index is 2.40. The minimum absolute atomic E-state index is 0.298. The largest absolute Gasteiger partial charge is 0.356 e. The molecule has 0 atom stereocenters. The second-order valence-electron chi connectivity index (χ2n) is 2.97. The molecule has 5 heteroatoms. The number of benzene rings is 1. The molecule has 1 aromatic carbocycles. The molecule has 0 aliphatic rings. The lowest BCUT2D eigenvalue weighted by Crippen LogP contribution is -1.79. The van der Waals surface area contributed by atoms with E-state index in [4.69, 9.17) is 4.52 Å². The molecule has 0 fully saturated rings. The van der Waals surface area contributed by atoms with Crippen molar-refractivity contribution in [3.63, 3.8) is 0 Å². The topological polar surface area (TPSA) is 26.0 Å². The van der Waals surface area contributed by atoms with E-state index in [1.54, 1.807) is 18.2 Å². The third-order valence-electron chi connectivity index (χ3n) is 1.93. The van der Waals surface area contributed by atoms with Gasteiger partial charge < -0.3 is 4.52 Å². The summed E-state index contributed by atoms with van der Waals surface area (Å²) in [5.41, 5.74) is 1.54. The van der Waals surface area contributed by atoms with Gasteiger partial charge in [-0.15, -0.1) is 0 Å². The summed E-state index contributed by atoms with van der Waals surface area (Å²) in [7, 11) is 0.